The topological polar surface area (TPSA) is 133 Å². The van der Waals surface area contributed by atoms with E-state index in [0.717, 1.165) is 54.2 Å². The van der Waals surface area contributed by atoms with Crippen molar-refractivity contribution in [3.63, 3.8) is 0 Å². The molecule has 4 aliphatic heterocycles. The number of carbonyl (C=O) groups excluding carboxylic acids is 5. The van der Waals surface area contributed by atoms with Crippen LogP contribution in [0.4, 0.5) is 11.4 Å². The van der Waals surface area contributed by atoms with Crippen molar-refractivity contribution in [2.75, 3.05) is 24.5 Å². The van der Waals surface area contributed by atoms with Gasteiger partial charge in [0.05, 0.1) is 22.7 Å². The summed E-state index contributed by atoms with van der Waals surface area (Å²) in [4.78, 5) is 73.4. The Balaban J connectivity index is 0.822. The number of carbonyl (C=O) groups is 5. The molecule has 0 aromatic heterocycles. The van der Waals surface area contributed by atoms with Crippen molar-refractivity contribution in [2.45, 2.75) is 84.7 Å². The summed E-state index contributed by atoms with van der Waals surface area (Å²) in [7, 11) is 0. The van der Waals surface area contributed by atoms with Crippen molar-refractivity contribution >= 4 is 52.5 Å². The fourth-order valence-corrected chi connectivity index (χ4v) is 10.1. The Morgan fingerprint density at radius 1 is 0.911 bits per heavy atom. The Hall–Kier alpha value is -5.25. The number of hydrogen-bond acceptors (Lipinski definition) is 8. The molecular formula is C43H45ClN6O6. The quantitative estimate of drug-likeness (QED) is 0.206. The van der Waals surface area contributed by atoms with Crippen molar-refractivity contribution in [2.24, 2.45) is 16.7 Å². The van der Waals surface area contributed by atoms with Gasteiger partial charge in [-0.2, -0.15) is 0 Å². The molecule has 3 aromatic rings. The third kappa shape index (κ3) is 6.50. The van der Waals surface area contributed by atoms with Crippen LogP contribution < -0.4 is 20.3 Å². The van der Waals surface area contributed by atoms with Crippen molar-refractivity contribution in [1.29, 1.82) is 0 Å². The molecule has 1 atom stereocenters. The molecule has 12 nitrogen and oxygen atoms in total. The second kappa shape index (κ2) is 14.0. The third-order valence-corrected chi connectivity index (χ3v) is 12.9. The summed E-state index contributed by atoms with van der Waals surface area (Å²) in [5.41, 5.74) is 4.09. The Bertz CT molecular complexity index is 2140. The second-order valence-electron chi connectivity index (χ2n) is 17.0. The molecule has 1 aliphatic carbocycles. The first-order chi connectivity index (χ1) is 26.6. The summed E-state index contributed by atoms with van der Waals surface area (Å²) in [6, 6.07) is 15.5. The molecule has 4 heterocycles. The smallest absolute Gasteiger partial charge is 0.262 e. The van der Waals surface area contributed by atoms with Crippen molar-refractivity contribution in [3.05, 3.63) is 98.9 Å². The van der Waals surface area contributed by atoms with Crippen molar-refractivity contribution in [3.8, 4) is 5.75 Å². The van der Waals surface area contributed by atoms with Gasteiger partial charge < -0.3 is 15.0 Å². The molecule has 0 unspecified atom stereocenters. The normalized spacial score (nSPS) is 24.2. The molecule has 0 radical (unpaired) electrons. The van der Waals surface area contributed by atoms with E-state index < -0.39 is 29.7 Å². The van der Waals surface area contributed by atoms with E-state index in [1.54, 1.807) is 18.2 Å². The number of anilines is 1. The molecule has 5 aliphatic rings. The highest BCUT2D eigenvalue weighted by molar-refractivity contribution is 6.33. The highest BCUT2D eigenvalue weighted by Gasteiger charge is 2.64. The Morgan fingerprint density at radius 3 is 2.11 bits per heavy atom. The molecule has 5 amide bonds. The zero-order chi connectivity index (χ0) is 39.7. The van der Waals surface area contributed by atoms with Gasteiger partial charge >= 0.3 is 0 Å². The van der Waals surface area contributed by atoms with Gasteiger partial charge in [-0.15, -0.1) is 0 Å². The van der Waals surface area contributed by atoms with Gasteiger partial charge in [-0.25, -0.2) is 4.85 Å². The van der Waals surface area contributed by atoms with E-state index in [-0.39, 0.29) is 41.7 Å². The molecule has 3 aromatic carbocycles. The minimum Gasteiger partial charge on any atom is -0.489 e. The van der Waals surface area contributed by atoms with Crippen LogP contribution in [0, 0.1) is 23.3 Å². The Labute approximate surface area is 331 Å². The lowest BCUT2D eigenvalue weighted by molar-refractivity contribution is -0.164. The minimum absolute atomic E-state index is 0.0941. The summed E-state index contributed by atoms with van der Waals surface area (Å²) in [5, 5.41) is 5.88. The average molecular weight is 777 g/mol. The van der Waals surface area contributed by atoms with E-state index in [1.165, 1.54) is 0 Å². The number of hydrogen-bond donors (Lipinski definition) is 2. The number of halogens is 1. The minimum atomic E-state index is -0.966. The number of nitrogens with zero attached hydrogens (tertiary/aromatic N) is 4. The second-order valence-corrected chi connectivity index (χ2v) is 17.4. The van der Waals surface area contributed by atoms with Gasteiger partial charge in [0.25, 0.3) is 17.7 Å². The molecule has 13 heteroatoms. The Morgan fingerprint density at radius 2 is 1.54 bits per heavy atom. The van der Waals surface area contributed by atoms with E-state index in [9.17, 15) is 24.0 Å². The summed E-state index contributed by atoms with van der Waals surface area (Å²) >= 11 is 6.25. The average Bonchev–Trinajstić information content (AvgIpc) is 3.67. The molecule has 290 valence electrons. The molecule has 2 saturated heterocycles. The number of ether oxygens (including phenoxy) is 1. The summed E-state index contributed by atoms with van der Waals surface area (Å²) in [5.74, 6) is -0.960. The maximum Gasteiger partial charge on any atom is 0.262 e. The van der Waals surface area contributed by atoms with Gasteiger partial charge in [-0.1, -0.05) is 45.4 Å². The monoisotopic (exact) mass is 776 g/mol. The summed E-state index contributed by atoms with van der Waals surface area (Å²) in [6.07, 6.45) is 2.10. The highest BCUT2D eigenvalue weighted by Crippen LogP contribution is 2.55. The van der Waals surface area contributed by atoms with Crippen LogP contribution in [-0.4, -0.2) is 77.2 Å². The largest absolute Gasteiger partial charge is 0.489 e. The predicted molar refractivity (Wildman–Crippen MR) is 210 cm³/mol. The Kier molecular flexibility index (Phi) is 9.45. The van der Waals surface area contributed by atoms with E-state index in [1.807, 2.05) is 36.4 Å². The summed E-state index contributed by atoms with van der Waals surface area (Å²) in [6.45, 7) is 19.7. The zero-order valence-corrected chi connectivity index (χ0v) is 32.7. The van der Waals surface area contributed by atoms with Crippen LogP contribution >= 0.6 is 11.6 Å². The lowest BCUT2D eigenvalue weighted by Gasteiger charge is -2.63. The molecular weight excluding hydrogens is 732 g/mol. The molecule has 3 fully saturated rings. The van der Waals surface area contributed by atoms with Crippen LogP contribution in [0.2, 0.25) is 5.02 Å². The highest BCUT2D eigenvalue weighted by atomic mass is 35.5. The SMILES string of the molecule is [C-]#[N+]c1ccc(OC2C(C)(C)C(NC(=O)c3ccc(N4CCC(CN5Cc6cc7c(cc6C5)C(=O)N([C@@H]5CCC(=O)NC5=O)C7=O)CC4)cc3)C2(C)C)cc1Cl. The van der Waals surface area contributed by atoms with E-state index >= 15 is 0 Å². The number of nitrogens with one attached hydrogen (secondary N) is 2. The molecule has 1 saturated carbocycles. The standard InChI is InChI=1S/C43H45ClN6O6/c1-42(2)40(43(3,4)41(42)56-29-10-11-33(45-5)32(44)20-29)47-36(52)25-6-8-28(9-7-25)49-16-14-24(15-17-49)21-48-22-26-18-30-31(19-27(26)23-48)39(55)50(38(30)54)34-12-13-35(51)46-37(34)53/h6-11,18-20,24,34,40-41H,12-17,21-23H2,1-4H3,(H,47,52)(H,46,51,53)/t34-,40?,41?/m1/s1. The molecule has 2 N–H and O–H groups in total. The van der Waals surface area contributed by atoms with Gasteiger partial charge in [0, 0.05) is 67.3 Å². The van der Waals surface area contributed by atoms with Crippen LogP contribution in [0.15, 0.2) is 54.6 Å². The van der Waals surface area contributed by atoms with E-state index in [4.69, 9.17) is 22.9 Å². The number of benzene rings is 3. The number of rotatable bonds is 8. The van der Waals surface area contributed by atoms with Crippen molar-refractivity contribution in [1.82, 2.24) is 20.4 Å². The van der Waals surface area contributed by atoms with Crippen LogP contribution in [0.3, 0.4) is 0 Å². The van der Waals surface area contributed by atoms with Crippen molar-refractivity contribution < 1.29 is 28.7 Å². The van der Waals surface area contributed by atoms with Gasteiger partial charge in [0.2, 0.25) is 17.5 Å². The van der Waals surface area contributed by atoms with Crippen LogP contribution in [0.1, 0.15) is 95.6 Å². The first-order valence-corrected chi connectivity index (χ1v) is 19.6. The third-order valence-electron chi connectivity index (χ3n) is 12.6. The van der Waals surface area contributed by atoms with E-state index in [0.29, 0.717) is 52.2 Å². The summed E-state index contributed by atoms with van der Waals surface area (Å²) < 4.78 is 6.38. The molecule has 0 bridgehead atoms. The number of amides is 5. The van der Waals surface area contributed by atoms with Gasteiger partial charge in [0.15, 0.2) is 0 Å². The lowest BCUT2D eigenvalue weighted by atomic mass is 9.49. The maximum absolute atomic E-state index is 13.5. The molecule has 56 heavy (non-hydrogen) atoms. The van der Waals surface area contributed by atoms with Gasteiger partial charge in [-0.05, 0) is 84.8 Å². The van der Waals surface area contributed by atoms with Gasteiger partial charge in [0.1, 0.15) is 17.9 Å². The first kappa shape index (κ1) is 37.7. The van der Waals surface area contributed by atoms with Crippen LogP contribution in [0.25, 0.3) is 4.85 Å². The fourth-order valence-electron chi connectivity index (χ4n) is 9.93. The lowest BCUT2D eigenvalue weighted by Crippen LogP contribution is -2.74. The maximum atomic E-state index is 13.5. The predicted octanol–water partition coefficient (Wildman–Crippen LogP) is 6.14. The fraction of sp³-hybridized carbons (Fsp3) is 0.442. The molecule has 8 rings (SSSR count). The number of imide groups is 2. The van der Waals surface area contributed by atoms with Crippen LogP contribution in [-0.2, 0) is 22.7 Å². The van der Waals surface area contributed by atoms with Crippen LogP contribution in [0.5, 0.6) is 5.75 Å². The van der Waals surface area contributed by atoms with E-state index in [2.05, 4.69) is 53.0 Å². The molecule has 0 spiro atoms. The van der Waals surface area contributed by atoms with Gasteiger partial charge in [-0.3, -0.25) is 39.1 Å². The number of fused-ring (bicyclic) bond motifs is 2. The number of piperidine rings is 2. The zero-order valence-electron chi connectivity index (χ0n) is 32.0. The first-order valence-electron chi connectivity index (χ1n) is 19.2.